The van der Waals surface area contributed by atoms with Crippen molar-refractivity contribution in [2.24, 2.45) is 0 Å². The zero-order valence-corrected chi connectivity index (χ0v) is 15.9. The molecule has 3 aliphatic heterocycles. The number of carbonyl (C=O) groups excluding carboxylic acids is 2. The van der Waals surface area contributed by atoms with Crippen LogP contribution in [0.4, 0.5) is 10.5 Å². The van der Waals surface area contributed by atoms with Crippen LogP contribution in [-0.4, -0.2) is 79.9 Å². The topological polar surface area (TPSA) is 62.3 Å². The normalized spacial score (nSPS) is 22.3. The molecule has 0 radical (unpaired) electrons. The van der Waals surface area contributed by atoms with Gasteiger partial charge in [-0.05, 0) is 19.1 Å². The number of likely N-dealkylation sites (N-methyl/N-ethyl adjacent to an activating group) is 1. The van der Waals surface area contributed by atoms with E-state index in [2.05, 4.69) is 4.90 Å². The summed E-state index contributed by atoms with van der Waals surface area (Å²) in [5, 5.41) is 0. The molecule has 2 amide bonds. The molecule has 0 N–H and O–H groups in total. The standard InChI is InChI=1S/C20H27N3O4/c1-2-21-15-20(27-19(21)25)7-9-23(10-8-20)18(24)16-5-3-4-6-17(16)22-11-13-26-14-12-22/h3-6H,2,7-15H2,1H3. The first kappa shape index (κ1) is 18.1. The Morgan fingerprint density at radius 3 is 2.48 bits per heavy atom. The highest BCUT2D eigenvalue weighted by Crippen LogP contribution is 2.34. The van der Waals surface area contributed by atoms with E-state index in [0.717, 1.165) is 24.3 Å². The SMILES string of the molecule is CCN1CC2(CCN(C(=O)c3ccccc3N3CCOCC3)CC2)OC1=O. The Kier molecular flexibility index (Phi) is 4.95. The first-order chi connectivity index (χ1) is 13.1. The molecule has 0 unspecified atom stereocenters. The molecular weight excluding hydrogens is 346 g/mol. The first-order valence-corrected chi connectivity index (χ1v) is 9.81. The van der Waals surface area contributed by atoms with Crippen molar-refractivity contribution < 1.29 is 19.1 Å². The van der Waals surface area contributed by atoms with E-state index in [-0.39, 0.29) is 12.0 Å². The third-order valence-electron chi connectivity index (χ3n) is 5.87. The van der Waals surface area contributed by atoms with Crippen molar-refractivity contribution >= 4 is 17.7 Å². The highest BCUT2D eigenvalue weighted by molar-refractivity contribution is 6.00. The summed E-state index contributed by atoms with van der Waals surface area (Å²) in [6.45, 7) is 7.46. The zero-order chi connectivity index (χ0) is 18.9. The van der Waals surface area contributed by atoms with Gasteiger partial charge in [0.15, 0.2) is 0 Å². The van der Waals surface area contributed by atoms with Crippen LogP contribution in [0.15, 0.2) is 24.3 Å². The van der Waals surface area contributed by atoms with Crippen LogP contribution in [0.2, 0.25) is 0 Å². The van der Waals surface area contributed by atoms with Crippen LogP contribution in [0.25, 0.3) is 0 Å². The van der Waals surface area contributed by atoms with Crippen LogP contribution >= 0.6 is 0 Å². The minimum Gasteiger partial charge on any atom is -0.441 e. The lowest BCUT2D eigenvalue weighted by atomic mass is 9.91. The van der Waals surface area contributed by atoms with Gasteiger partial charge in [-0.3, -0.25) is 4.79 Å². The summed E-state index contributed by atoms with van der Waals surface area (Å²) < 4.78 is 11.1. The lowest BCUT2D eigenvalue weighted by molar-refractivity contribution is 0.00315. The molecule has 3 fully saturated rings. The molecular formula is C20H27N3O4. The highest BCUT2D eigenvalue weighted by Gasteiger charge is 2.47. The van der Waals surface area contributed by atoms with E-state index in [1.165, 1.54) is 0 Å². The van der Waals surface area contributed by atoms with Crippen molar-refractivity contribution in [1.82, 2.24) is 9.80 Å². The third kappa shape index (κ3) is 3.48. The summed E-state index contributed by atoms with van der Waals surface area (Å²) in [6, 6.07) is 7.82. The van der Waals surface area contributed by atoms with Crippen LogP contribution < -0.4 is 4.90 Å². The number of benzene rings is 1. The number of amides is 2. The third-order valence-corrected chi connectivity index (χ3v) is 5.87. The predicted octanol–water partition coefficient (Wildman–Crippen LogP) is 1.97. The van der Waals surface area contributed by atoms with E-state index < -0.39 is 5.60 Å². The second-order valence-corrected chi connectivity index (χ2v) is 7.47. The Labute approximate surface area is 159 Å². The van der Waals surface area contributed by atoms with Gasteiger partial charge in [-0.15, -0.1) is 0 Å². The van der Waals surface area contributed by atoms with E-state index in [9.17, 15) is 9.59 Å². The van der Waals surface area contributed by atoms with E-state index in [1.807, 2.05) is 36.1 Å². The summed E-state index contributed by atoms with van der Waals surface area (Å²) in [7, 11) is 0. The molecule has 1 aromatic rings. The number of rotatable bonds is 3. The molecule has 3 aliphatic rings. The molecule has 3 heterocycles. The summed E-state index contributed by atoms with van der Waals surface area (Å²) in [6.07, 6.45) is 1.16. The number of carbonyl (C=O) groups is 2. The van der Waals surface area contributed by atoms with Gasteiger partial charge in [0.05, 0.1) is 25.3 Å². The number of anilines is 1. The fourth-order valence-electron chi connectivity index (χ4n) is 4.22. The second-order valence-electron chi connectivity index (χ2n) is 7.47. The summed E-state index contributed by atoms with van der Waals surface area (Å²) >= 11 is 0. The van der Waals surface area contributed by atoms with E-state index in [4.69, 9.17) is 9.47 Å². The molecule has 0 aliphatic carbocycles. The van der Waals surface area contributed by atoms with E-state index >= 15 is 0 Å². The Morgan fingerprint density at radius 1 is 1.11 bits per heavy atom. The van der Waals surface area contributed by atoms with Gasteiger partial charge in [-0.1, -0.05) is 12.1 Å². The minimum atomic E-state index is -0.423. The van der Waals surface area contributed by atoms with E-state index in [1.54, 1.807) is 4.90 Å². The lowest BCUT2D eigenvalue weighted by Crippen LogP contribution is -2.49. The maximum Gasteiger partial charge on any atom is 0.410 e. The first-order valence-electron chi connectivity index (χ1n) is 9.81. The molecule has 27 heavy (non-hydrogen) atoms. The molecule has 0 bridgehead atoms. The number of likely N-dealkylation sites (tertiary alicyclic amines) is 1. The number of nitrogens with zero attached hydrogens (tertiary/aromatic N) is 3. The van der Waals surface area contributed by atoms with Crippen LogP contribution in [0.1, 0.15) is 30.1 Å². The maximum atomic E-state index is 13.2. The molecule has 7 nitrogen and oxygen atoms in total. The number of para-hydroxylation sites is 1. The zero-order valence-electron chi connectivity index (χ0n) is 15.9. The average Bonchev–Trinajstić information content (AvgIpc) is 3.03. The predicted molar refractivity (Wildman–Crippen MR) is 101 cm³/mol. The maximum absolute atomic E-state index is 13.2. The molecule has 1 aromatic carbocycles. The molecule has 1 spiro atoms. The van der Waals surface area contributed by atoms with Crippen molar-refractivity contribution in [3.63, 3.8) is 0 Å². The number of hydrogen-bond donors (Lipinski definition) is 0. The monoisotopic (exact) mass is 373 g/mol. The summed E-state index contributed by atoms with van der Waals surface area (Å²) in [5.74, 6) is 0.0589. The molecule has 3 saturated heterocycles. The number of piperidine rings is 1. The summed E-state index contributed by atoms with van der Waals surface area (Å²) in [5.41, 5.74) is 1.30. The molecule has 0 aromatic heterocycles. The van der Waals surface area contributed by atoms with Gasteiger partial charge in [0.1, 0.15) is 5.60 Å². The van der Waals surface area contributed by atoms with Gasteiger partial charge in [-0.25, -0.2) is 4.79 Å². The summed E-state index contributed by atoms with van der Waals surface area (Å²) in [4.78, 5) is 31.0. The Hall–Kier alpha value is -2.28. The number of ether oxygens (including phenoxy) is 2. The quantitative estimate of drug-likeness (QED) is 0.811. The van der Waals surface area contributed by atoms with Crippen LogP contribution in [0.5, 0.6) is 0 Å². The fraction of sp³-hybridized carbons (Fsp3) is 0.600. The van der Waals surface area contributed by atoms with Crippen LogP contribution in [0.3, 0.4) is 0 Å². The fourth-order valence-corrected chi connectivity index (χ4v) is 4.22. The molecule has 0 saturated carbocycles. The average molecular weight is 373 g/mol. The highest BCUT2D eigenvalue weighted by atomic mass is 16.6. The van der Waals surface area contributed by atoms with Gasteiger partial charge < -0.3 is 24.2 Å². The smallest absolute Gasteiger partial charge is 0.410 e. The van der Waals surface area contributed by atoms with Crippen molar-refractivity contribution in [2.75, 3.05) is 57.4 Å². The minimum absolute atomic E-state index is 0.0589. The molecule has 7 heteroatoms. The van der Waals surface area contributed by atoms with Gasteiger partial charge in [0, 0.05) is 51.3 Å². The van der Waals surface area contributed by atoms with Gasteiger partial charge in [0.2, 0.25) is 0 Å². The number of hydrogen-bond acceptors (Lipinski definition) is 5. The van der Waals surface area contributed by atoms with Gasteiger partial charge >= 0.3 is 6.09 Å². The van der Waals surface area contributed by atoms with E-state index in [0.29, 0.717) is 52.2 Å². The molecule has 4 rings (SSSR count). The number of morpholine rings is 1. The van der Waals surface area contributed by atoms with Gasteiger partial charge in [-0.2, -0.15) is 0 Å². The van der Waals surface area contributed by atoms with Gasteiger partial charge in [0.25, 0.3) is 5.91 Å². The van der Waals surface area contributed by atoms with Crippen LogP contribution in [-0.2, 0) is 9.47 Å². The largest absolute Gasteiger partial charge is 0.441 e. The van der Waals surface area contributed by atoms with Crippen LogP contribution in [0, 0.1) is 0 Å². The second kappa shape index (κ2) is 7.38. The lowest BCUT2D eigenvalue weighted by Gasteiger charge is -2.38. The Balaban J connectivity index is 1.45. The Morgan fingerprint density at radius 2 is 1.81 bits per heavy atom. The van der Waals surface area contributed by atoms with Crippen molar-refractivity contribution in [3.8, 4) is 0 Å². The van der Waals surface area contributed by atoms with Crippen molar-refractivity contribution in [2.45, 2.75) is 25.4 Å². The molecule has 0 atom stereocenters. The van der Waals surface area contributed by atoms with Crippen molar-refractivity contribution in [3.05, 3.63) is 29.8 Å². The molecule has 146 valence electrons. The van der Waals surface area contributed by atoms with Crippen molar-refractivity contribution in [1.29, 1.82) is 0 Å². The Bertz CT molecular complexity index is 709.